The van der Waals surface area contributed by atoms with E-state index in [1.54, 1.807) is 6.20 Å². The molecule has 0 radical (unpaired) electrons. The Morgan fingerprint density at radius 1 is 1.25 bits per heavy atom. The second-order valence-corrected chi connectivity index (χ2v) is 4.31. The second kappa shape index (κ2) is 4.39. The van der Waals surface area contributed by atoms with Crippen LogP contribution in [-0.2, 0) is 6.54 Å². The third kappa shape index (κ3) is 2.24. The van der Waals surface area contributed by atoms with Gasteiger partial charge in [0, 0.05) is 12.4 Å². The van der Waals surface area contributed by atoms with Crippen LogP contribution in [0.2, 0.25) is 0 Å². The van der Waals surface area contributed by atoms with Gasteiger partial charge in [-0.1, -0.05) is 38.1 Å². The van der Waals surface area contributed by atoms with Gasteiger partial charge in [-0.15, -0.1) is 0 Å². The second-order valence-electron chi connectivity index (χ2n) is 4.31. The molecule has 0 aliphatic carbocycles. The van der Waals surface area contributed by atoms with Gasteiger partial charge in [0.05, 0.1) is 6.54 Å². The molecule has 0 aliphatic rings. The van der Waals surface area contributed by atoms with Gasteiger partial charge in [0.25, 0.3) is 0 Å². The van der Waals surface area contributed by atoms with Crippen LogP contribution in [0.5, 0.6) is 0 Å². The van der Waals surface area contributed by atoms with Crippen LogP contribution in [0.15, 0.2) is 36.7 Å². The Kier molecular flexibility index (Phi) is 2.95. The van der Waals surface area contributed by atoms with Crippen LogP contribution >= 0.6 is 0 Å². The fourth-order valence-corrected chi connectivity index (χ4v) is 1.68. The molecule has 0 atom stereocenters. The highest BCUT2D eigenvalue weighted by Gasteiger charge is 2.01. The van der Waals surface area contributed by atoms with Gasteiger partial charge in [0.1, 0.15) is 0 Å². The van der Waals surface area contributed by atoms with Crippen LogP contribution in [0, 0.1) is 0 Å². The molecule has 2 rings (SSSR count). The predicted molar refractivity (Wildman–Crippen MR) is 66.3 cm³/mol. The van der Waals surface area contributed by atoms with Gasteiger partial charge in [-0.25, -0.2) is 4.98 Å². The molecule has 0 fully saturated rings. The lowest BCUT2D eigenvalue weighted by molar-refractivity contribution is 0.806. The van der Waals surface area contributed by atoms with E-state index in [1.807, 2.05) is 10.8 Å². The first-order valence-corrected chi connectivity index (χ1v) is 5.52. The van der Waals surface area contributed by atoms with Crippen molar-refractivity contribution in [1.82, 2.24) is 9.55 Å². The minimum atomic E-state index is 0.563. The third-order valence-corrected chi connectivity index (χ3v) is 2.75. The molecule has 0 bridgehead atoms. The Hall–Kier alpha value is -1.77. The molecule has 3 heteroatoms. The maximum absolute atomic E-state index is 5.72. The zero-order valence-corrected chi connectivity index (χ0v) is 9.72. The number of hydrogen-bond donors (Lipinski definition) is 1. The summed E-state index contributed by atoms with van der Waals surface area (Å²) in [6.07, 6.45) is 3.61. The highest BCUT2D eigenvalue weighted by molar-refractivity contribution is 5.26. The predicted octanol–water partition coefficient (Wildman–Crippen LogP) is 2.64. The Labute approximate surface area is 95.9 Å². The number of hydrogen-bond acceptors (Lipinski definition) is 2. The molecule has 1 heterocycles. The topological polar surface area (TPSA) is 43.8 Å². The molecule has 84 valence electrons. The van der Waals surface area contributed by atoms with Gasteiger partial charge in [-0.3, -0.25) is 0 Å². The maximum Gasteiger partial charge on any atom is 0.200 e. The fourth-order valence-electron chi connectivity index (χ4n) is 1.68. The molecule has 16 heavy (non-hydrogen) atoms. The van der Waals surface area contributed by atoms with Gasteiger partial charge in [-0.2, -0.15) is 0 Å². The minimum absolute atomic E-state index is 0.563. The van der Waals surface area contributed by atoms with Gasteiger partial charge in [0.15, 0.2) is 5.95 Å². The van der Waals surface area contributed by atoms with Crippen LogP contribution in [-0.4, -0.2) is 9.55 Å². The van der Waals surface area contributed by atoms with Crippen molar-refractivity contribution in [2.45, 2.75) is 26.3 Å². The average Bonchev–Trinajstić information content (AvgIpc) is 2.65. The molecule has 0 amide bonds. The lowest BCUT2D eigenvalue weighted by Gasteiger charge is -2.08. The number of anilines is 1. The zero-order chi connectivity index (χ0) is 11.5. The number of nitrogens with zero attached hydrogens (tertiary/aromatic N) is 2. The fraction of sp³-hybridized carbons (Fsp3) is 0.308. The molecule has 0 aliphatic heterocycles. The Bertz CT molecular complexity index is 454. The van der Waals surface area contributed by atoms with Gasteiger partial charge in [0.2, 0.25) is 0 Å². The Morgan fingerprint density at radius 2 is 1.94 bits per heavy atom. The summed E-state index contributed by atoms with van der Waals surface area (Å²) in [6, 6.07) is 8.64. The maximum atomic E-state index is 5.72. The molecule has 1 aromatic heterocycles. The number of benzene rings is 1. The van der Waals surface area contributed by atoms with E-state index < -0.39 is 0 Å². The number of imidazole rings is 1. The van der Waals surface area contributed by atoms with Crippen molar-refractivity contribution in [3.05, 3.63) is 47.8 Å². The van der Waals surface area contributed by atoms with Crippen LogP contribution in [0.3, 0.4) is 0 Å². The lowest BCUT2D eigenvalue weighted by Crippen LogP contribution is -2.03. The van der Waals surface area contributed by atoms with Crippen LogP contribution in [0.4, 0.5) is 5.95 Å². The van der Waals surface area contributed by atoms with Gasteiger partial charge < -0.3 is 10.3 Å². The molecule has 3 nitrogen and oxygen atoms in total. The quantitative estimate of drug-likeness (QED) is 0.855. The molecule has 0 saturated heterocycles. The zero-order valence-electron chi connectivity index (χ0n) is 9.72. The minimum Gasteiger partial charge on any atom is -0.369 e. The van der Waals surface area contributed by atoms with Crippen molar-refractivity contribution in [2.24, 2.45) is 0 Å². The lowest BCUT2D eigenvalue weighted by atomic mass is 10.0. The summed E-state index contributed by atoms with van der Waals surface area (Å²) in [5.41, 5.74) is 8.33. The Balaban J connectivity index is 2.14. The number of rotatable bonds is 3. The summed E-state index contributed by atoms with van der Waals surface area (Å²) in [5, 5.41) is 0. The van der Waals surface area contributed by atoms with E-state index in [0.717, 1.165) is 6.54 Å². The van der Waals surface area contributed by atoms with E-state index >= 15 is 0 Å². The largest absolute Gasteiger partial charge is 0.369 e. The van der Waals surface area contributed by atoms with E-state index in [9.17, 15) is 0 Å². The van der Waals surface area contributed by atoms with Crippen molar-refractivity contribution >= 4 is 5.95 Å². The van der Waals surface area contributed by atoms with Crippen LogP contribution in [0.1, 0.15) is 30.9 Å². The van der Waals surface area contributed by atoms with Crippen molar-refractivity contribution in [3.8, 4) is 0 Å². The van der Waals surface area contributed by atoms with Crippen LogP contribution < -0.4 is 5.73 Å². The van der Waals surface area contributed by atoms with Gasteiger partial charge in [-0.05, 0) is 17.0 Å². The monoisotopic (exact) mass is 215 g/mol. The molecular weight excluding hydrogens is 198 g/mol. The Morgan fingerprint density at radius 3 is 2.44 bits per heavy atom. The third-order valence-electron chi connectivity index (χ3n) is 2.75. The molecule has 0 saturated carbocycles. The van der Waals surface area contributed by atoms with Crippen molar-refractivity contribution in [2.75, 3.05) is 5.73 Å². The molecular formula is C13H17N3. The summed E-state index contributed by atoms with van der Waals surface area (Å²) >= 11 is 0. The molecule has 2 N–H and O–H groups in total. The van der Waals surface area contributed by atoms with E-state index in [4.69, 9.17) is 5.73 Å². The molecule has 1 aromatic carbocycles. The SMILES string of the molecule is CC(C)c1ccc(Cn2ccnc2N)cc1. The number of nitrogens with two attached hydrogens (primary N) is 1. The highest BCUT2D eigenvalue weighted by Crippen LogP contribution is 2.15. The summed E-state index contributed by atoms with van der Waals surface area (Å²) in [5.74, 6) is 1.14. The first-order valence-electron chi connectivity index (χ1n) is 5.52. The average molecular weight is 215 g/mol. The van der Waals surface area contributed by atoms with Crippen molar-refractivity contribution in [3.63, 3.8) is 0 Å². The van der Waals surface area contributed by atoms with Crippen molar-refractivity contribution in [1.29, 1.82) is 0 Å². The number of nitrogen functional groups attached to an aromatic ring is 1. The first kappa shape index (κ1) is 10.7. The van der Waals surface area contributed by atoms with E-state index in [2.05, 4.69) is 43.1 Å². The smallest absolute Gasteiger partial charge is 0.200 e. The summed E-state index contributed by atoms with van der Waals surface area (Å²) in [4.78, 5) is 4.00. The molecule has 0 unspecified atom stereocenters. The van der Waals surface area contributed by atoms with Crippen LogP contribution in [0.25, 0.3) is 0 Å². The first-order chi connectivity index (χ1) is 7.66. The van der Waals surface area contributed by atoms with E-state index in [-0.39, 0.29) is 0 Å². The normalized spacial score (nSPS) is 10.9. The van der Waals surface area contributed by atoms with E-state index in [0.29, 0.717) is 11.9 Å². The summed E-state index contributed by atoms with van der Waals surface area (Å²) in [6.45, 7) is 5.18. The molecule has 0 spiro atoms. The highest BCUT2D eigenvalue weighted by atomic mass is 15.1. The molecule has 2 aromatic rings. The van der Waals surface area contributed by atoms with Crippen molar-refractivity contribution < 1.29 is 0 Å². The van der Waals surface area contributed by atoms with Gasteiger partial charge >= 0.3 is 0 Å². The summed E-state index contributed by atoms with van der Waals surface area (Å²) in [7, 11) is 0. The summed E-state index contributed by atoms with van der Waals surface area (Å²) < 4.78 is 1.93. The van der Waals surface area contributed by atoms with E-state index in [1.165, 1.54) is 11.1 Å². The standard InChI is InChI=1S/C13H17N3/c1-10(2)12-5-3-11(4-6-12)9-16-8-7-15-13(16)14/h3-8,10H,9H2,1-2H3,(H2,14,15). The number of aromatic nitrogens is 2.